The van der Waals surface area contributed by atoms with Crippen LogP contribution in [0.3, 0.4) is 0 Å². The van der Waals surface area contributed by atoms with Gasteiger partial charge >= 0.3 is 0 Å². The summed E-state index contributed by atoms with van der Waals surface area (Å²) in [6.07, 6.45) is 2.72. The second-order valence-electron chi connectivity index (χ2n) is 5.59. The fourth-order valence-corrected chi connectivity index (χ4v) is 2.86. The van der Waals surface area contributed by atoms with E-state index in [1.165, 1.54) is 42.7 Å². The fourth-order valence-electron chi connectivity index (χ4n) is 2.86. The first-order valence-electron chi connectivity index (χ1n) is 7.26. The molecule has 0 saturated carbocycles. The Balaban J connectivity index is 2.08. The monoisotopic (exact) mass is 246 g/mol. The maximum atomic E-state index is 3.38. The highest BCUT2D eigenvalue weighted by Crippen LogP contribution is 2.26. The van der Waals surface area contributed by atoms with Gasteiger partial charge in [-0.25, -0.2) is 0 Å². The molecule has 100 valence electrons. The van der Waals surface area contributed by atoms with Crippen molar-refractivity contribution in [3.63, 3.8) is 0 Å². The van der Waals surface area contributed by atoms with Crippen molar-refractivity contribution in [1.29, 1.82) is 0 Å². The number of aryl methyl sites for hydroxylation is 1. The van der Waals surface area contributed by atoms with Crippen LogP contribution in [0.5, 0.6) is 0 Å². The maximum Gasteiger partial charge on any atom is 0.0396 e. The number of rotatable bonds is 4. The van der Waals surface area contributed by atoms with E-state index in [0.29, 0.717) is 0 Å². The van der Waals surface area contributed by atoms with Crippen LogP contribution in [0, 0.1) is 12.8 Å². The van der Waals surface area contributed by atoms with Crippen LogP contribution < -0.4 is 10.2 Å². The third kappa shape index (κ3) is 3.26. The van der Waals surface area contributed by atoms with Crippen LogP contribution >= 0.6 is 0 Å². The van der Waals surface area contributed by atoms with Gasteiger partial charge in [0.05, 0.1) is 0 Å². The Kier molecular flexibility index (Phi) is 4.65. The van der Waals surface area contributed by atoms with Gasteiger partial charge in [0.1, 0.15) is 0 Å². The largest absolute Gasteiger partial charge is 0.371 e. The highest BCUT2D eigenvalue weighted by molar-refractivity contribution is 5.54. The molecule has 0 bridgehead atoms. The normalized spacial score (nSPS) is 20.2. The third-order valence-corrected chi connectivity index (χ3v) is 3.84. The van der Waals surface area contributed by atoms with Gasteiger partial charge in [-0.15, -0.1) is 0 Å². The molecule has 2 rings (SSSR count). The number of piperidine rings is 1. The van der Waals surface area contributed by atoms with Crippen molar-refractivity contribution in [2.45, 2.75) is 40.2 Å². The first kappa shape index (κ1) is 13.4. The minimum absolute atomic E-state index is 0.833. The van der Waals surface area contributed by atoms with Crippen molar-refractivity contribution in [2.75, 3.05) is 24.5 Å². The quantitative estimate of drug-likeness (QED) is 0.876. The minimum atomic E-state index is 0.833. The lowest BCUT2D eigenvalue weighted by Gasteiger charge is -2.34. The fraction of sp³-hybridized carbons (Fsp3) is 0.625. The Labute approximate surface area is 111 Å². The molecule has 1 atom stereocenters. The van der Waals surface area contributed by atoms with Gasteiger partial charge in [0.25, 0.3) is 0 Å². The van der Waals surface area contributed by atoms with Crippen LogP contribution in [0.1, 0.15) is 37.8 Å². The summed E-state index contributed by atoms with van der Waals surface area (Å²) < 4.78 is 0. The zero-order valence-corrected chi connectivity index (χ0v) is 12.0. The molecule has 1 aromatic rings. The first-order chi connectivity index (χ1) is 8.70. The predicted octanol–water partition coefficient (Wildman–Crippen LogP) is 3.34. The standard InChI is InChI=1S/C16H26N2/c1-4-17-11-15-7-8-16(14(3)10-15)18-9-5-6-13(2)12-18/h7-8,10,13,17H,4-6,9,11-12H2,1-3H3. The molecule has 1 heterocycles. The van der Waals surface area contributed by atoms with E-state index in [1.807, 2.05) is 0 Å². The number of nitrogens with zero attached hydrogens (tertiary/aromatic N) is 1. The lowest BCUT2D eigenvalue weighted by Crippen LogP contribution is -2.34. The van der Waals surface area contributed by atoms with Gasteiger partial charge in [0.2, 0.25) is 0 Å². The van der Waals surface area contributed by atoms with Crippen LogP contribution in [0.4, 0.5) is 5.69 Å². The Hall–Kier alpha value is -1.02. The van der Waals surface area contributed by atoms with Crippen LogP contribution in [-0.2, 0) is 6.54 Å². The molecule has 1 aliphatic heterocycles. The summed E-state index contributed by atoms with van der Waals surface area (Å²) in [5.74, 6) is 0.833. The molecule has 0 amide bonds. The Morgan fingerprint density at radius 1 is 1.39 bits per heavy atom. The SMILES string of the molecule is CCNCc1ccc(N2CCCC(C)C2)c(C)c1. The number of hydrogen-bond donors (Lipinski definition) is 1. The average molecular weight is 246 g/mol. The highest BCUT2D eigenvalue weighted by Gasteiger charge is 2.17. The van der Waals surface area contributed by atoms with E-state index in [1.54, 1.807) is 0 Å². The lowest BCUT2D eigenvalue weighted by atomic mass is 9.98. The smallest absolute Gasteiger partial charge is 0.0396 e. The summed E-state index contributed by atoms with van der Waals surface area (Å²) in [7, 11) is 0. The van der Waals surface area contributed by atoms with E-state index in [-0.39, 0.29) is 0 Å². The van der Waals surface area contributed by atoms with Crippen molar-refractivity contribution in [1.82, 2.24) is 5.32 Å². The van der Waals surface area contributed by atoms with E-state index in [9.17, 15) is 0 Å². The van der Waals surface area contributed by atoms with E-state index in [2.05, 4.69) is 49.2 Å². The molecule has 1 fully saturated rings. The van der Waals surface area contributed by atoms with Crippen LogP contribution in [0.15, 0.2) is 18.2 Å². The molecular weight excluding hydrogens is 220 g/mol. The second kappa shape index (κ2) is 6.24. The van der Waals surface area contributed by atoms with Gasteiger partial charge in [-0.3, -0.25) is 0 Å². The first-order valence-corrected chi connectivity index (χ1v) is 7.26. The van der Waals surface area contributed by atoms with E-state index >= 15 is 0 Å². The van der Waals surface area contributed by atoms with E-state index in [4.69, 9.17) is 0 Å². The molecule has 0 aromatic heterocycles. The van der Waals surface area contributed by atoms with Gasteiger partial charge in [0, 0.05) is 25.3 Å². The summed E-state index contributed by atoms with van der Waals surface area (Å²) in [5, 5.41) is 3.38. The molecule has 1 N–H and O–H groups in total. The zero-order chi connectivity index (χ0) is 13.0. The number of nitrogens with one attached hydrogen (secondary N) is 1. The average Bonchev–Trinajstić information content (AvgIpc) is 2.36. The van der Waals surface area contributed by atoms with Crippen molar-refractivity contribution < 1.29 is 0 Å². The Bertz CT molecular complexity index is 387. The molecule has 1 saturated heterocycles. The molecule has 0 aliphatic carbocycles. The van der Waals surface area contributed by atoms with Crippen molar-refractivity contribution in [2.24, 2.45) is 5.92 Å². The highest BCUT2D eigenvalue weighted by atomic mass is 15.1. The van der Waals surface area contributed by atoms with Gasteiger partial charge in [0.15, 0.2) is 0 Å². The van der Waals surface area contributed by atoms with Gasteiger partial charge in [-0.2, -0.15) is 0 Å². The van der Waals surface area contributed by atoms with Crippen LogP contribution in [-0.4, -0.2) is 19.6 Å². The van der Waals surface area contributed by atoms with E-state index in [0.717, 1.165) is 19.0 Å². The lowest BCUT2D eigenvalue weighted by molar-refractivity contribution is 0.446. The summed E-state index contributed by atoms with van der Waals surface area (Å²) in [5.41, 5.74) is 4.24. The second-order valence-corrected chi connectivity index (χ2v) is 5.59. The number of anilines is 1. The molecule has 1 unspecified atom stereocenters. The third-order valence-electron chi connectivity index (χ3n) is 3.84. The van der Waals surface area contributed by atoms with E-state index < -0.39 is 0 Å². The van der Waals surface area contributed by atoms with Crippen LogP contribution in [0.2, 0.25) is 0 Å². The molecule has 2 heteroatoms. The summed E-state index contributed by atoms with van der Waals surface area (Å²) in [6.45, 7) is 11.2. The zero-order valence-electron chi connectivity index (χ0n) is 12.0. The maximum absolute atomic E-state index is 3.38. The molecule has 2 nitrogen and oxygen atoms in total. The minimum Gasteiger partial charge on any atom is -0.371 e. The molecule has 18 heavy (non-hydrogen) atoms. The van der Waals surface area contributed by atoms with Crippen molar-refractivity contribution in [3.05, 3.63) is 29.3 Å². The number of benzene rings is 1. The molecule has 0 radical (unpaired) electrons. The molecule has 1 aromatic carbocycles. The summed E-state index contributed by atoms with van der Waals surface area (Å²) >= 11 is 0. The van der Waals surface area contributed by atoms with Crippen LogP contribution in [0.25, 0.3) is 0 Å². The van der Waals surface area contributed by atoms with Gasteiger partial charge in [-0.1, -0.05) is 26.0 Å². The molecular formula is C16H26N2. The molecule has 0 spiro atoms. The van der Waals surface area contributed by atoms with Crippen molar-refractivity contribution >= 4 is 5.69 Å². The Morgan fingerprint density at radius 2 is 2.22 bits per heavy atom. The van der Waals surface area contributed by atoms with Crippen molar-refractivity contribution in [3.8, 4) is 0 Å². The Morgan fingerprint density at radius 3 is 2.89 bits per heavy atom. The van der Waals surface area contributed by atoms with Gasteiger partial charge < -0.3 is 10.2 Å². The number of hydrogen-bond acceptors (Lipinski definition) is 2. The topological polar surface area (TPSA) is 15.3 Å². The van der Waals surface area contributed by atoms with Gasteiger partial charge in [-0.05, 0) is 49.4 Å². The summed E-state index contributed by atoms with van der Waals surface area (Å²) in [6, 6.07) is 6.90. The summed E-state index contributed by atoms with van der Waals surface area (Å²) in [4.78, 5) is 2.56. The predicted molar refractivity (Wildman–Crippen MR) is 79.2 cm³/mol. The molecule has 1 aliphatic rings.